The lowest BCUT2D eigenvalue weighted by molar-refractivity contribution is 0.407. The third kappa shape index (κ3) is 3.11. The van der Waals surface area contributed by atoms with Crippen molar-refractivity contribution in [3.63, 3.8) is 0 Å². The Balaban J connectivity index is 3.10. The van der Waals surface area contributed by atoms with Gasteiger partial charge in [-0.2, -0.15) is 5.26 Å². The topological polar surface area (TPSA) is 62.3 Å². The fourth-order valence-corrected chi connectivity index (χ4v) is 1.84. The maximum absolute atomic E-state index is 8.62. The van der Waals surface area contributed by atoms with Gasteiger partial charge in [-0.25, -0.2) is 0 Å². The predicted octanol–water partition coefficient (Wildman–Crippen LogP) is 2.06. The summed E-state index contributed by atoms with van der Waals surface area (Å²) in [4.78, 5) is 2.03. The first-order valence-electron chi connectivity index (χ1n) is 5.62. The van der Waals surface area contributed by atoms with Crippen molar-refractivity contribution in [2.45, 2.75) is 19.4 Å². The van der Waals surface area contributed by atoms with Gasteiger partial charge in [0.1, 0.15) is 5.75 Å². The normalized spacial score (nSPS) is 11.7. The fourth-order valence-electron chi connectivity index (χ4n) is 1.84. The van der Waals surface area contributed by atoms with Gasteiger partial charge in [0.15, 0.2) is 0 Å². The summed E-state index contributed by atoms with van der Waals surface area (Å²) in [6.07, 6.45) is 0.492. The lowest BCUT2D eigenvalue weighted by Gasteiger charge is -2.24. The van der Waals surface area contributed by atoms with Crippen LogP contribution in [0.25, 0.3) is 0 Å². The molecule has 0 saturated carbocycles. The lowest BCUT2D eigenvalue weighted by Crippen LogP contribution is -2.22. The number of nitrogens with two attached hydrogens (primary N) is 1. The molecule has 0 amide bonds. The Kier molecular flexibility index (Phi) is 4.80. The SMILES string of the molecule is COc1cccc(N(C)CCC#N)c1[C@H](C)N. The Hall–Kier alpha value is -1.73. The molecular weight excluding hydrogens is 214 g/mol. The summed E-state index contributed by atoms with van der Waals surface area (Å²) in [5, 5.41) is 8.62. The maximum Gasteiger partial charge on any atom is 0.125 e. The number of anilines is 1. The Bertz CT molecular complexity index is 410. The van der Waals surface area contributed by atoms with E-state index >= 15 is 0 Å². The van der Waals surface area contributed by atoms with Crippen LogP contribution in [0.2, 0.25) is 0 Å². The highest BCUT2D eigenvalue weighted by Gasteiger charge is 2.15. The first kappa shape index (κ1) is 13.3. The molecule has 0 aliphatic rings. The van der Waals surface area contributed by atoms with E-state index in [4.69, 9.17) is 15.7 Å². The quantitative estimate of drug-likeness (QED) is 0.845. The van der Waals surface area contributed by atoms with Crippen LogP contribution in [0, 0.1) is 11.3 Å². The highest BCUT2D eigenvalue weighted by molar-refractivity contribution is 5.60. The van der Waals surface area contributed by atoms with Crippen LogP contribution >= 0.6 is 0 Å². The molecule has 0 aliphatic heterocycles. The van der Waals surface area contributed by atoms with E-state index in [1.807, 2.05) is 37.1 Å². The number of ether oxygens (including phenoxy) is 1. The van der Waals surface area contributed by atoms with E-state index in [1.54, 1.807) is 7.11 Å². The molecule has 0 fully saturated rings. The molecule has 17 heavy (non-hydrogen) atoms. The molecule has 92 valence electrons. The summed E-state index contributed by atoms with van der Waals surface area (Å²) in [5.74, 6) is 0.793. The molecule has 0 bridgehead atoms. The van der Waals surface area contributed by atoms with Crippen LogP contribution in [-0.2, 0) is 0 Å². The Morgan fingerprint density at radius 3 is 2.76 bits per heavy atom. The van der Waals surface area contributed by atoms with Crippen molar-refractivity contribution in [2.24, 2.45) is 5.73 Å². The molecule has 0 unspecified atom stereocenters. The zero-order valence-electron chi connectivity index (χ0n) is 10.6. The van der Waals surface area contributed by atoms with Crippen LogP contribution in [0.5, 0.6) is 5.75 Å². The second-order valence-corrected chi connectivity index (χ2v) is 4.01. The van der Waals surface area contributed by atoms with Gasteiger partial charge < -0.3 is 15.4 Å². The van der Waals surface area contributed by atoms with Crippen molar-refractivity contribution in [2.75, 3.05) is 25.6 Å². The largest absolute Gasteiger partial charge is 0.496 e. The molecule has 4 nitrogen and oxygen atoms in total. The van der Waals surface area contributed by atoms with Gasteiger partial charge in [0.05, 0.1) is 19.6 Å². The summed E-state index contributed by atoms with van der Waals surface area (Å²) in [6, 6.07) is 7.87. The highest BCUT2D eigenvalue weighted by atomic mass is 16.5. The fraction of sp³-hybridized carbons (Fsp3) is 0.462. The molecule has 1 aromatic carbocycles. The minimum absolute atomic E-state index is 0.106. The van der Waals surface area contributed by atoms with Gasteiger partial charge in [0.25, 0.3) is 0 Å². The number of hydrogen-bond acceptors (Lipinski definition) is 4. The minimum atomic E-state index is -0.106. The van der Waals surface area contributed by atoms with Gasteiger partial charge in [-0.05, 0) is 19.1 Å². The van der Waals surface area contributed by atoms with Crippen LogP contribution in [0.1, 0.15) is 24.9 Å². The summed E-state index contributed by atoms with van der Waals surface area (Å²) in [6.45, 7) is 2.61. The molecule has 0 saturated heterocycles. The van der Waals surface area contributed by atoms with Crippen molar-refractivity contribution >= 4 is 5.69 Å². The molecule has 0 spiro atoms. The Labute approximate surface area is 103 Å². The van der Waals surface area contributed by atoms with Crippen molar-refractivity contribution in [3.8, 4) is 11.8 Å². The van der Waals surface area contributed by atoms with Crippen molar-refractivity contribution in [3.05, 3.63) is 23.8 Å². The van der Waals surface area contributed by atoms with Crippen molar-refractivity contribution in [1.29, 1.82) is 5.26 Å². The van der Waals surface area contributed by atoms with E-state index in [1.165, 1.54) is 0 Å². The molecular formula is C13H19N3O. The molecule has 0 radical (unpaired) electrons. The average Bonchev–Trinajstić information content (AvgIpc) is 2.34. The number of hydrogen-bond donors (Lipinski definition) is 1. The molecule has 1 rings (SSSR count). The molecule has 0 aliphatic carbocycles. The average molecular weight is 233 g/mol. The van der Waals surface area contributed by atoms with E-state index in [9.17, 15) is 0 Å². The molecule has 0 heterocycles. The van der Waals surface area contributed by atoms with Gasteiger partial charge >= 0.3 is 0 Å². The van der Waals surface area contributed by atoms with Crippen molar-refractivity contribution < 1.29 is 4.74 Å². The van der Waals surface area contributed by atoms with Gasteiger partial charge in [-0.15, -0.1) is 0 Å². The molecule has 1 atom stereocenters. The first-order valence-corrected chi connectivity index (χ1v) is 5.62. The van der Waals surface area contributed by atoms with E-state index in [-0.39, 0.29) is 6.04 Å². The standard InChI is InChI=1S/C13H19N3O/c1-10(15)13-11(16(2)9-5-8-14)6-4-7-12(13)17-3/h4,6-7,10H,5,9,15H2,1-3H3/t10-/m0/s1. The van der Waals surface area contributed by atoms with Gasteiger partial charge in [0, 0.05) is 30.9 Å². The summed E-state index contributed by atoms with van der Waals surface area (Å²) in [5.41, 5.74) is 7.99. The van der Waals surface area contributed by atoms with Crippen LogP contribution in [0.4, 0.5) is 5.69 Å². The third-order valence-electron chi connectivity index (χ3n) is 2.69. The number of nitrogens with zero attached hydrogens (tertiary/aromatic N) is 2. The summed E-state index contributed by atoms with van der Waals surface area (Å²) in [7, 11) is 3.60. The van der Waals surface area contributed by atoms with Gasteiger partial charge in [-0.3, -0.25) is 0 Å². The Morgan fingerprint density at radius 2 is 2.24 bits per heavy atom. The Morgan fingerprint density at radius 1 is 1.53 bits per heavy atom. The van der Waals surface area contributed by atoms with Crippen LogP contribution in [0.15, 0.2) is 18.2 Å². The maximum atomic E-state index is 8.62. The van der Waals surface area contributed by atoms with E-state index < -0.39 is 0 Å². The number of nitriles is 1. The van der Waals surface area contributed by atoms with Crippen LogP contribution < -0.4 is 15.4 Å². The zero-order valence-corrected chi connectivity index (χ0v) is 10.6. The monoisotopic (exact) mass is 233 g/mol. The minimum Gasteiger partial charge on any atom is -0.496 e. The van der Waals surface area contributed by atoms with Crippen molar-refractivity contribution in [1.82, 2.24) is 0 Å². The van der Waals surface area contributed by atoms with Gasteiger partial charge in [0.2, 0.25) is 0 Å². The molecule has 0 aromatic heterocycles. The molecule has 1 aromatic rings. The predicted molar refractivity (Wildman–Crippen MR) is 69.1 cm³/mol. The number of methoxy groups -OCH3 is 1. The van der Waals surface area contributed by atoms with E-state index in [2.05, 4.69) is 6.07 Å². The van der Waals surface area contributed by atoms with E-state index in [0.29, 0.717) is 13.0 Å². The molecule has 4 heteroatoms. The van der Waals surface area contributed by atoms with E-state index in [0.717, 1.165) is 17.0 Å². The second kappa shape index (κ2) is 6.12. The number of benzene rings is 1. The summed E-state index contributed by atoms with van der Waals surface area (Å²) < 4.78 is 5.33. The second-order valence-electron chi connectivity index (χ2n) is 4.01. The van der Waals surface area contributed by atoms with Crippen LogP contribution in [-0.4, -0.2) is 20.7 Å². The molecule has 2 N–H and O–H groups in total. The first-order chi connectivity index (χ1) is 8.11. The lowest BCUT2D eigenvalue weighted by atomic mass is 10.0. The smallest absolute Gasteiger partial charge is 0.125 e. The highest BCUT2D eigenvalue weighted by Crippen LogP contribution is 2.33. The number of rotatable bonds is 5. The third-order valence-corrected chi connectivity index (χ3v) is 2.69. The zero-order chi connectivity index (χ0) is 12.8. The van der Waals surface area contributed by atoms with Gasteiger partial charge in [-0.1, -0.05) is 6.07 Å². The van der Waals surface area contributed by atoms with Crippen LogP contribution in [0.3, 0.4) is 0 Å². The summed E-state index contributed by atoms with van der Waals surface area (Å²) >= 11 is 0.